The third-order valence-corrected chi connectivity index (χ3v) is 1.99. The lowest BCUT2D eigenvalue weighted by molar-refractivity contribution is 0.140. The first-order valence-electron chi connectivity index (χ1n) is 5.13. The summed E-state index contributed by atoms with van der Waals surface area (Å²) in [5.74, 6) is 0.0633. The largest absolute Gasteiger partial charge is 0.445 e. The summed E-state index contributed by atoms with van der Waals surface area (Å²) >= 11 is 0. The van der Waals surface area contributed by atoms with E-state index in [2.05, 4.69) is 10.5 Å². The molecule has 0 heterocycles. The number of benzene rings is 1. The third kappa shape index (κ3) is 5.41. The quantitative estimate of drug-likeness (QED) is 0.308. The van der Waals surface area contributed by atoms with E-state index in [1.54, 1.807) is 0 Å². The highest BCUT2D eigenvalue weighted by molar-refractivity contribution is 5.80. The Morgan fingerprint density at radius 1 is 1.41 bits per heavy atom. The van der Waals surface area contributed by atoms with Crippen LogP contribution in [0.3, 0.4) is 0 Å². The molecular formula is C11H15N3O3. The molecule has 1 aromatic rings. The lowest BCUT2D eigenvalue weighted by Gasteiger charge is -2.06. The summed E-state index contributed by atoms with van der Waals surface area (Å²) in [6, 6.07) is 9.36. The first kappa shape index (κ1) is 12.8. The van der Waals surface area contributed by atoms with E-state index in [1.165, 1.54) is 0 Å². The van der Waals surface area contributed by atoms with Gasteiger partial charge in [-0.15, -0.1) is 0 Å². The number of nitrogens with zero attached hydrogens (tertiary/aromatic N) is 1. The molecule has 0 atom stereocenters. The van der Waals surface area contributed by atoms with Gasteiger partial charge in [-0.25, -0.2) is 4.79 Å². The van der Waals surface area contributed by atoms with Gasteiger partial charge in [-0.3, -0.25) is 0 Å². The van der Waals surface area contributed by atoms with Crippen LogP contribution in [0.1, 0.15) is 12.0 Å². The Balaban J connectivity index is 2.18. The Morgan fingerprint density at radius 2 is 2.12 bits per heavy atom. The van der Waals surface area contributed by atoms with Gasteiger partial charge in [-0.05, 0) is 5.56 Å². The number of nitrogens with two attached hydrogens (primary N) is 1. The summed E-state index contributed by atoms with van der Waals surface area (Å²) in [6.45, 7) is 0.486. The van der Waals surface area contributed by atoms with Gasteiger partial charge in [0.25, 0.3) is 0 Å². The molecule has 92 valence electrons. The molecule has 0 radical (unpaired) electrons. The molecule has 0 unspecified atom stereocenters. The number of rotatable bonds is 5. The molecule has 6 nitrogen and oxygen atoms in total. The molecule has 0 aliphatic carbocycles. The van der Waals surface area contributed by atoms with Crippen LogP contribution in [-0.2, 0) is 11.3 Å². The molecule has 1 amide bonds. The van der Waals surface area contributed by atoms with Gasteiger partial charge in [0, 0.05) is 13.0 Å². The third-order valence-electron chi connectivity index (χ3n) is 1.99. The predicted octanol–water partition coefficient (Wildman–Crippen LogP) is 1.05. The van der Waals surface area contributed by atoms with E-state index in [4.69, 9.17) is 15.7 Å². The highest BCUT2D eigenvalue weighted by Gasteiger charge is 2.02. The van der Waals surface area contributed by atoms with Crippen molar-refractivity contribution in [3.05, 3.63) is 35.9 Å². The smallest absolute Gasteiger partial charge is 0.407 e. The molecule has 0 aliphatic heterocycles. The van der Waals surface area contributed by atoms with Crippen LogP contribution in [0.25, 0.3) is 0 Å². The zero-order valence-electron chi connectivity index (χ0n) is 9.30. The number of amidine groups is 1. The average Bonchev–Trinajstić information content (AvgIpc) is 2.37. The van der Waals surface area contributed by atoms with Crippen molar-refractivity contribution in [1.29, 1.82) is 0 Å². The van der Waals surface area contributed by atoms with Crippen molar-refractivity contribution in [1.82, 2.24) is 5.32 Å². The first-order valence-corrected chi connectivity index (χ1v) is 5.13. The van der Waals surface area contributed by atoms with E-state index in [0.29, 0.717) is 0 Å². The van der Waals surface area contributed by atoms with E-state index in [1.807, 2.05) is 30.3 Å². The average molecular weight is 237 g/mol. The summed E-state index contributed by atoms with van der Waals surface area (Å²) in [5.41, 5.74) is 6.15. The zero-order valence-corrected chi connectivity index (χ0v) is 9.30. The van der Waals surface area contributed by atoms with Crippen molar-refractivity contribution in [2.75, 3.05) is 6.54 Å². The van der Waals surface area contributed by atoms with Crippen LogP contribution < -0.4 is 11.1 Å². The summed E-state index contributed by atoms with van der Waals surface area (Å²) < 4.78 is 4.95. The van der Waals surface area contributed by atoms with Crippen LogP contribution in [0.15, 0.2) is 35.5 Å². The van der Waals surface area contributed by atoms with Crippen molar-refractivity contribution in [2.45, 2.75) is 13.0 Å². The monoisotopic (exact) mass is 237 g/mol. The summed E-state index contributed by atoms with van der Waals surface area (Å²) in [6.07, 6.45) is -0.253. The highest BCUT2D eigenvalue weighted by Crippen LogP contribution is 2.00. The SMILES string of the molecule is N/C(CCNC(=O)OCc1ccccc1)=N\O. The number of alkyl carbamates (subject to hydrolysis) is 1. The summed E-state index contributed by atoms with van der Waals surface area (Å²) in [5, 5.41) is 13.5. The van der Waals surface area contributed by atoms with E-state index in [-0.39, 0.29) is 25.4 Å². The van der Waals surface area contributed by atoms with Crippen LogP contribution in [0.5, 0.6) is 0 Å². The minimum atomic E-state index is -0.528. The first-order chi connectivity index (χ1) is 8.22. The minimum Gasteiger partial charge on any atom is -0.445 e. The van der Waals surface area contributed by atoms with Crippen LogP contribution in [0.2, 0.25) is 0 Å². The highest BCUT2D eigenvalue weighted by atomic mass is 16.5. The van der Waals surface area contributed by atoms with Crippen LogP contribution in [-0.4, -0.2) is 23.7 Å². The van der Waals surface area contributed by atoms with Crippen molar-refractivity contribution in [3.8, 4) is 0 Å². The summed E-state index contributed by atoms with van der Waals surface area (Å²) in [4.78, 5) is 11.2. The second kappa shape index (κ2) is 7.10. The number of amides is 1. The Hall–Kier alpha value is -2.24. The molecule has 1 aromatic carbocycles. The fourth-order valence-electron chi connectivity index (χ4n) is 1.12. The molecule has 0 saturated heterocycles. The van der Waals surface area contributed by atoms with Gasteiger partial charge in [0.05, 0.1) is 0 Å². The lowest BCUT2D eigenvalue weighted by Crippen LogP contribution is -2.28. The second-order valence-electron chi connectivity index (χ2n) is 3.33. The molecule has 0 aromatic heterocycles. The molecule has 4 N–H and O–H groups in total. The maximum absolute atomic E-state index is 11.2. The van der Waals surface area contributed by atoms with Gasteiger partial charge in [-0.2, -0.15) is 0 Å². The molecule has 0 fully saturated rings. The molecule has 17 heavy (non-hydrogen) atoms. The maximum atomic E-state index is 11.2. The van der Waals surface area contributed by atoms with E-state index in [9.17, 15) is 4.79 Å². The molecule has 6 heteroatoms. The van der Waals surface area contributed by atoms with Crippen LogP contribution in [0, 0.1) is 0 Å². The molecule has 0 saturated carbocycles. The second-order valence-corrected chi connectivity index (χ2v) is 3.33. The fraction of sp³-hybridized carbons (Fsp3) is 0.273. The lowest BCUT2D eigenvalue weighted by atomic mass is 10.2. The Morgan fingerprint density at radius 3 is 2.76 bits per heavy atom. The van der Waals surface area contributed by atoms with Gasteiger partial charge in [0.2, 0.25) is 0 Å². The van der Waals surface area contributed by atoms with E-state index >= 15 is 0 Å². The van der Waals surface area contributed by atoms with Gasteiger partial charge in [0.1, 0.15) is 12.4 Å². The number of hydrogen-bond donors (Lipinski definition) is 3. The van der Waals surface area contributed by atoms with Crippen molar-refractivity contribution >= 4 is 11.9 Å². The Labute approximate surface area is 99.1 Å². The summed E-state index contributed by atoms with van der Waals surface area (Å²) in [7, 11) is 0. The normalized spacial score (nSPS) is 10.9. The van der Waals surface area contributed by atoms with Crippen molar-refractivity contribution < 1.29 is 14.7 Å². The minimum absolute atomic E-state index is 0.0633. The molecule has 0 spiro atoms. The van der Waals surface area contributed by atoms with Crippen LogP contribution >= 0.6 is 0 Å². The Bertz CT molecular complexity index is 379. The molecule has 0 bridgehead atoms. The zero-order chi connectivity index (χ0) is 12.5. The molecule has 0 aliphatic rings. The predicted molar refractivity (Wildman–Crippen MR) is 62.7 cm³/mol. The molecular weight excluding hydrogens is 222 g/mol. The number of carbonyl (C=O) groups excluding carboxylic acids is 1. The number of oxime groups is 1. The van der Waals surface area contributed by atoms with Gasteiger partial charge in [0.15, 0.2) is 0 Å². The number of ether oxygens (including phenoxy) is 1. The van der Waals surface area contributed by atoms with E-state index < -0.39 is 6.09 Å². The van der Waals surface area contributed by atoms with Crippen molar-refractivity contribution in [3.63, 3.8) is 0 Å². The van der Waals surface area contributed by atoms with Gasteiger partial charge < -0.3 is 21.0 Å². The maximum Gasteiger partial charge on any atom is 0.407 e. The Kier molecular flexibility index (Phi) is 5.36. The molecule has 1 rings (SSSR count). The number of carbonyl (C=O) groups is 1. The van der Waals surface area contributed by atoms with E-state index in [0.717, 1.165) is 5.56 Å². The van der Waals surface area contributed by atoms with Gasteiger partial charge in [-0.1, -0.05) is 35.5 Å². The van der Waals surface area contributed by atoms with Gasteiger partial charge >= 0.3 is 6.09 Å². The fourth-order valence-corrected chi connectivity index (χ4v) is 1.12. The number of hydrogen-bond acceptors (Lipinski definition) is 4. The topological polar surface area (TPSA) is 96.9 Å². The van der Waals surface area contributed by atoms with Crippen LogP contribution in [0.4, 0.5) is 4.79 Å². The number of nitrogens with one attached hydrogen (secondary N) is 1. The van der Waals surface area contributed by atoms with Crippen molar-refractivity contribution in [2.24, 2.45) is 10.9 Å². The standard InChI is InChI=1S/C11H15N3O3/c12-10(14-16)6-7-13-11(15)17-8-9-4-2-1-3-5-9/h1-5,16H,6-8H2,(H2,12,14)(H,13,15).